The van der Waals surface area contributed by atoms with Gasteiger partial charge in [0.15, 0.2) is 0 Å². The fraction of sp³-hybridized carbons (Fsp3) is 0.600. The van der Waals surface area contributed by atoms with Crippen LogP contribution in [0.3, 0.4) is 0 Å². The number of benzene rings is 1. The van der Waals surface area contributed by atoms with Crippen molar-refractivity contribution < 1.29 is 4.74 Å². The lowest BCUT2D eigenvalue weighted by atomic mass is 10.1. The maximum Gasteiger partial charge on any atom is 0.0663 e. The summed E-state index contributed by atoms with van der Waals surface area (Å²) < 4.78 is 5.22. The number of ether oxygens (including phenoxy) is 1. The van der Waals surface area contributed by atoms with Crippen molar-refractivity contribution in [3.8, 4) is 0 Å². The number of anilines is 1. The molecule has 1 atom stereocenters. The summed E-state index contributed by atoms with van der Waals surface area (Å²) in [7, 11) is 3.79. The number of rotatable bonds is 8. The number of halogens is 1. The molecule has 1 unspecified atom stereocenters. The first-order valence-corrected chi connectivity index (χ1v) is 7.19. The predicted molar refractivity (Wildman–Crippen MR) is 83.2 cm³/mol. The average Bonchev–Trinajstić information content (AvgIpc) is 2.39. The molecule has 0 aliphatic rings. The highest BCUT2D eigenvalue weighted by molar-refractivity contribution is 6.33. The van der Waals surface area contributed by atoms with E-state index in [9.17, 15) is 0 Å². The van der Waals surface area contributed by atoms with Crippen molar-refractivity contribution in [3.63, 3.8) is 0 Å². The van der Waals surface area contributed by atoms with Crippen LogP contribution in [0, 0.1) is 0 Å². The lowest BCUT2D eigenvalue weighted by Gasteiger charge is -2.29. The lowest BCUT2D eigenvalue weighted by molar-refractivity contribution is 0.183. The van der Waals surface area contributed by atoms with Crippen molar-refractivity contribution in [3.05, 3.63) is 28.8 Å². The second-order valence-electron chi connectivity index (χ2n) is 4.84. The Morgan fingerprint density at radius 3 is 2.79 bits per heavy atom. The van der Waals surface area contributed by atoms with Crippen LogP contribution in [-0.4, -0.2) is 33.4 Å². The van der Waals surface area contributed by atoms with Gasteiger partial charge in [-0.25, -0.2) is 0 Å². The molecule has 19 heavy (non-hydrogen) atoms. The Morgan fingerprint density at radius 2 is 2.16 bits per heavy atom. The second-order valence-corrected chi connectivity index (χ2v) is 5.25. The molecule has 0 radical (unpaired) electrons. The molecule has 1 aromatic rings. The predicted octanol–water partition coefficient (Wildman–Crippen LogP) is 3.31. The molecular formula is C15H25ClN2O. The minimum absolute atomic E-state index is 0.287. The molecule has 0 amide bonds. The minimum atomic E-state index is 0.287. The summed E-state index contributed by atoms with van der Waals surface area (Å²) in [6, 6.07) is 6.36. The molecule has 3 nitrogen and oxygen atoms in total. The summed E-state index contributed by atoms with van der Waals surface area (Å²) in [5, 5.41) is 4.22. The van der Waals surface area contributed by atoms with Crippen LogP contribution in [-0.2, 0) is 11.3 Å². The van der Waals surface area contributed by atoms with Crippen LogP contribution in [0.1, 0.15) is 25.8 Å². The third-order valence-electron chi connectivity index (χ3n) is 3.23. The highest BCUT2D eigenvalue weighted by Crippen LogP contribution is 2.30. The van der Waals surface area contributed by atoms with Crippen molar-refractivity contribution in [2.75, 3.05) is 32.2 Å². The van der Waals surface area contributed by atoms with Crippen LogP contribution in [0.4, 0.5) is 5.69 Å². The third-order valence-corrected chi connectivity index (χ3v) is 3.54. The first-order valence-electron chi connectivity index (χ1n) is 6.81. The van der Waals surface area contributed by atoms with Gasteiger partial charge in [0.1, 0.15) is 0 Å². The van der Waals surface area contributed by atoms with Crippen molar-refractivity contribution in [2.24, 2.45) is 0 Å². The van der Waals surface area contributed by atoms with Gasteiger partial charge in [0.25, 0.3) is 0 Å². The van der Waals surface area contributed by atoms with Gasteiger partial charge in [0.05, 0.1) is 17.3 Å². The maximum atomic E-state index is 6.37. The van der Waals surface area contributed by atoms with E-state index in [0.29, 0.717) is 6.61 Å². The lowest BCUT2D eigenvalue weighted by Crippen LogP contribution is -2.34. The molecule has 0 aliphatic heterocycles. The van der Waals surface area contributed by atoms with Crippen LogP contribution >= 0.6 is 11.6 Å². The summed E-state index contributed by atoms with van der Waals surface area (Å²) in [5.74, 6) is 0. The Hall–Kier alpha value is -0.770. The molecule has 0 bridgehead atoms. The molecule has 1 aromatic carbocycles. The molecule has 4 heteroatoms. The van der Waals surface area contributed by atoms with Crippen molar-refractivity contribution in [1.29, 1.82) is 0 Å². The molecule has 0 aromatic heterocycles. The minimum Gasteiger partial charge on any atom is -0.383 e. The first kappa shape index (κ1) is 16.3. The van der Waals surface area contributed by atoms with Gasteiger partial charge in [0.2, 0.25) is 0 Å². The Kier molecular flexibility index (Phi) is 7.21. The van der Waals surface area contributed by atoms with Gasteiger partial charge in [-0.05, 0) is 31.5 Å². The number of likely N-dealkylation sites (N-methyl/N-ethyl adjacent to an activating group) is 1. The van der Waals surface area contributed by atoms with E-state index in [-0.39, 0.29) is 6.04 Å². The zero-order valence-corrected chi connectivity index (χ0v) is 13.1. The fourth-order valence-corrected chi connectivity index (χ4v) is 2.40. The molecule has 0 fully saturated rings. The van der Waals surface area contributed by atoms with E-state index >= 15 is 0 Å². The monoisotopic (exact) mass is 284 g/mol. The Bertz CT molecular complexity index is 384. The standard InChI is InChI=1S/C15H25ClN2O/c1-5-9-17-10-13-7-6-8-14(16)15(13)18(3)12(2)11-19-4/h6-8,12,17H,5,9-11H2,1-4H3. The normalized spacial score (nSPS) is 12.5. The summed E-state index contributed by atoms with van der Waals surface area (Å²) in [5.41, 5.74) is 2.32. The van der Waals surface area contributed by atoms with E-state index in [4.69, 9.17) is 16.3 Å². The van der Waals surface area contributed by atoms with Gasteiger partial charge in [-0.1, -0.05) is 30.7 Å². The molecular weight excluding hydrogens is 260 g/mol. The Balaban J connectivity index is 2.90. The summed E-state index contributed by atoms with van der Waals surface area (Å²) in [6.07, 6.45) is 1.13. The first-order chi connectivity index (χ1) is 9.11. The molecule has 108 valence electrons. The molecule has 0 aliphatic carbocycles. The highest BCUT2D eigenvalue weighted by Gasteiger charge is 2.16. The van der Waals surface area contributed by atoms with E-state index in [1.807, 2.05) is 12.1 Å². The third kappa shape index (κ3) is 4.68. The van der Waals surface area contributed by atoms with E-state index < -0.39 is 0 Å². The van der Waals surface area contributed by atoms with Crippen molar-refractivity contribution in [2.45, 2.75) is 32.9 Å². The molecule has 0 heterocycles. The molecule has 1 N–H and O–H groups in total. The molecule has 0 spiro atoms. The average molecular weight is 285 g/mol. The number of nitrogens with one attached hydrogen (secondary N) is 1. The smallest absolute Gasteiger partial charge is 0.0663 e. The topological polar surface area (TPSA) is 24.5 Å². The highest BCUT2D eigenvalue weighted by atomic mass is 35.5. The number of nitrogens with zero attached hydrogens (tertiary/aromatic N) is 1. The number of para-hydroxylation sites is 1. The molecule has 0 saturated heterocycles. The van der Waals surface area contributed by atoms with Gasteiger partial charge in [-0.3, -0.25) is 0 Å². The number of hydrogen-bond acceptors (Lipinski definition) is 3. The number of hydrogen-bond donors (Lipinski definition) is 1. The Morgan fingerprint density at radius 1 is 1.42 bits per heavy atom. The Labute approximate surface area is 121 Å². The van der Waals surface area contributed by atoms with E-state index in [1.165, 1.54) is 5.56 Å². The van der Waals surface area contributed by atoms with Crippen molar-refractivity contribution in [1.82, 2.24) is 5.32 Å². The van der Waals surface area contributed by atoms with Gasteiger partial charge in [-0.2, -0.15) is 0 Å². The van der Waals surface area contributed by atoms with Crippen molar-refractivity contribution >= 4 is 17.3 Å². The molecule has 0 saturated carbocycles. The second kappa shape index (κ2) is 8.41. The summed E-state index contributed by atoms with van der Waals surface area (Å²) in [4.78, 5) is 2.19. The zero-order chi connectivity index (χ0) is 14.3. The van der Waals surface area contributed by atoms with Crippen LogP contribution in [0.5, 0.6) is 0 Å². The quantitative estimate of drug-likeness (QED) is 0.741. The van der Waals surface area contributed by atoms with Crippen LogP contribution in [0.25, 0.3) is 0 Å². The molecule has 1 rings (SSSR count). The van der Waals surface area contributed by atoms with E-state index in [1.54, 1.807) is 7.11 Å². The maximum absolute atomic E-state index is 6.37. The SMILES string of the molecule is CCCNCc1cccc(Cl)c1N(C)C(C)COC. The van der Waals surface area contributed by atoms with E-state index in [0.717, 1.165) is 30.2 Å². The van der Waals surface area contributed by atoms with Crippen LogP contribution < -0.4 is 10.2 Å². The van der Waals surface area contributed by atoms with Crippen LogP contribution in [0.2, 0.25) is 5.02 Å². The summed E-state index contributed by atoms with van der Waals surface area (Å²) in [6.45, 7) is 6.84. The zero-order valence-electron chi connectivity index (χ0n) is 12.4. The van der Waals surface area contributed by atoms with Gasteiger partial charge in [0, 0.05) is 26.7 Å². The van der Waals surface area contributed by atoms with Gasteiger partial charge >= 0.3 is 0 Å². The van der Waals surface area contributed by atoms with Gasteiger partial charge < -0.3 is 15.0 Å². The fourth-order valence-electron chi connectivity index (χ4n) is 2.07. The van der Waals surface area contributed by atoms with E-state index in [2.05, 4.69) is 37.2 Å². The largest absolute Gasteiger partial charge is 0.383 e. The summed E-state index contributed by atoms with van der Waals surface area (Å²) >= 11 is 6.37. The van der Waals surface area contributed by atoms with Gasteiger partial charge in [-0.15, -0.1) is 0 Å². The van der Waals surface area contributed by atoms with Crippen LogP contribution in [0.15, 0.2) is 18.2 Å². The number of methoxy groups -OCH3 is 1.